The van der Waals surface area contributed by atoms with Crippen molar-refractivity contribution in [2.45, 2.75) is 13.1 Å². The molecule has 6 nitrogen and oxygen atoms in total. The summed E-state index contributed by atoms with van der Waals surface area (Å²) in [7, 11) is 3.61. The highest BCUT2D eigenvalue weighted by molar-refractivity contribution is 7.13. The average Bonchev–Trinajstić information content (AvgIpc) is 3.00. The third-order valence-electron chi connectivity index (χ3n) is 2.60. The van der Waals surface area contributed by atoms with Gasteiger partial charge in [-0.3, -0.25) is 4.90 Å². The minimum Gasteiger partial charge on any atom is -0.387 e. The number of methoxy groups -OCH3 is 1. The number of hydrogen-bond acceptors (Lipinski definition) is 6. The van der Waals surface area contributed by atoms with E-state index in [2.05, 4.69) is 5.10 Å². The van der Waals surface area contributed by atoms with Crippen LogP contribution in [0, 0.1) is 0 Å². The van der Waals surface area contributed by atoms with E-state index in [0.717, 1.165) is 17.8 Å². The van der Waals surface area contributed by atoms with Crippen molar-refractivity contribution in [2.24, 2.45) is 0 Å². The monoisotopic (exact) mass is 283 g/mol. The maximum atomic E-state index is 11.7. The number of aromatic nitrogens is 2. The summed E-state index contributed by atoms with van der Waals surface area (Å²) in [4.78, 5) is 14.5. The SMILES string of the molecule is COCCCN(C)Cn1nc(-c2cccs2)oc1=O. The quantitative estimate of drug-likeness (QED) is 0.721. The van der Waals surface area contributed by atoms with Crippen molar-refractivity contribution in [1.29, 1.82) is 0 Å². The predicted molar refractivity (Wildman–Crippen MR) is 73.2 cm³/mol. The van der Waals surface area contributed by atoms with Gasteiger partial charge < -0.3 is 9.15 Å². The molecule has 0 aromatic carbocycles. The van der Waals surface area contributed by atoms with E-state index in [1.54, 1.807) is 7.11 Å². The lowest BCUT2D eigenvalue weighted by atomic mass is 10.4. The Labute approximate surface area is 115 Å². The van der Waals surface area contributed by atoms with Crippen molar-refractivity contribution < 1.29 is 9.15 Å². The molecule has 104 valence electrons. The Hall–Kier alpha value is -1.44. The summed E-state index contributed by atoms with van der Waals surface area (Å²) in [6, 6.07) is 3.78. The smallest absolute Gasteiger partial charge is 0.387 e. The number of hydrogen-bond donors (Lipinski definition) is 0. The first kappa shape index (κ1) is 14.0. The summed E-state index contributed by atoms with van der Waals surface area (Å²) in [5.74, 6) is -0.0488. The van der Waals surface area contributed by atoms with Crippen LogP contribution in [0.5, 0.6) is 0 Å². The van der Waals surface area contributed by atoms with Gasteiger partial charge in [0, 0.05) is 20.3 Å². The van der Waals surface area contributed by atoms with Crippen LogP contribution < -0.4 is 5.76 Å². The van der Waals surface area contributed by atoms with Crippen LogP contribution in [0.25, 0.3) is 10.8 Å². The topological polar surface area (TPSA) is 60.5 Å². The van der Waals surface area contributed by atoms with Crippen LogP contribution in [0.2, 0.25) is 0 Å². The third-order valence-corrected chi connectivity index (χ3v) is 3.46. The highest BCUT2D eigenvalue weighted by atomic mass is 32.1. The van der Waals surface area contributed by atoms with Gasteiger partial charge in [-0.2, -0.15) is 4.68 Å². The molecule has 0 bridgehead atoms. The Morgan fingerprint density at radius 3 is 3.11 bits per heavy atom. The van der Waals surface area contributed by atoms with Gasteiger partial charge in [-0.1, -0.05) is 6.07 Å². The minimum atomic E-state index is -0.429. The summed E-state index contributed by atoms with van der Waals surface area (Å²) in [6.45, 7) is 1.96. The standard InChI is InChI=1S/C12H17N3O3S/c1-14(6-4-7-17-2)9-15-12(16)18-11(13-15)10-5-3-8-19-10/h3,5,8H,4,6-7,9H2,1-2H3. The molecule has 19 heavy (non-hydrogen) atoms. The second kappa shape index (κ2) is 6.65. The Kier molecular flexibility index (Phi) is 4.89. The van der Waals surface area contributed by atoms with E-state index in [1.807, 2.05) is 29.5 Å². The summed E-state index contributed by atoms with van der Waals surface area (Å²) in [5, 5.41) is 6.12. The fraction of sp³-hybridized carbons (Fsp3) is 0.500. The zero-order chi connectivity index (χ0) is 13.7. The summed E-state index contributed by atoms with van der Waals surface area (Å²) in [5.41, 5.74) is 0. The van der Waals surface area contributed by atoms with Gasteiger partial charge in [-0.15, -0.1) is 16.4 Å². The summed E-state index contributed by atoms with van der Waals surface area (Å²) < 4.78 is 11.5. The molecule has 0 aliphatic carbocycles. The average molecular weight is 283 g/mol. The largest absolute Gasteiger partial charge is 0.438 e. The number of nitrogens with zero attached hydrogens (tertiary/aromatic N) is 3. The van der Waals surface area contributed by atoms with E-state index in [4.69, 9.17) is 9.15 Å². The normalized spacial score (nSPS) is 11.3. The molecular weight excluding hydrogens is 266 g/mol. The highest BCUT2D eigenvalue weighted by Gasteiger charge is 2.12. The van der Waals surface area contributed by atoms with Crippen LogP contribution in [-0.4, -0.2) is 42.0 Å². The molecule has 0 amide bonds. The lowest BCUT2D eigenvalue weighted by Crippen LogP contribution is -2.29. The highest BCUT2D eigenvalue weighted by Crippen LogP contribution is 2.20. The van der Waals surface area contributed by atoms with Gasteiger partial charge in [0.25, 0.3) is 5.89 Å². The summed E-state index contributed by atoms with van der Waals surface area (Å²) >= 11 is 1.50. The van der Waals surface area contributed by atoms with Gasteiger partial charge >= 0.3 is 5.76 Å². The molecule has 0 saturated heterocycles. The fourth-order valence-electron chi connectivity index (χ4n) is 1.67. The Bertz CT molecular complexity index is 547. The number of ether oxygens (including phenoxy) is 1. The maximum absolute atomic E-state index is 11.7. The third kappa shape index (κ3) is 3.76. The molecule has 0 unspecified atom stereocenters. The van der Waals surface area contributed by atoms with Crippen LogP contribution >= 0.6 is 11.3 Å². The molecule has 0 N–H and O–H groups in total. The molecule has 2 aromatic rings. The van der Waals surface area contributed by atoms with Crippen LogP contribution in [0.3, 0.4) is 0 Å². The first-order valence-electron chi connectivity index (χ1n) is 6.00. The van der Waals surface area contributed by atoms with E-state index in [1.165, 1.54) is 16.0 Å². The molecule has 0 saturated carbocycles. The van der Waals surface area contributed by atoms with Crippen LogP contribution in [0.15, 0.2) is 26.7 Å². The van der Waals surface area contributed by atoms with Crippen molar-refractivity contribution in [3.05, 3.63) is 28.1 Å². The first-order chi connectivity index (χ1) is 9.20. The van der Waals surface area contributed by atoms with Crippen LogP contribution in [0.1, 0.15) is 6.42 Å². The molecule has 2 heterocycles. The second-order valence-corrected chi connectivity index (χ2v) is 5.17. The lowest BCUT2D eigenvalue weighted by Gasteiger charge is -2.14. The molecule has 0 fully saturated rings. The number of thiophene rings is 1. The Balaban J connectivity index is 1.99. The molecule has 0 aliphatic heterocycles. The van der Waals surface area contributed by atoms with Crippen molar-refractivity contribution in [3.8, 4) is 10.8 Å². The number of rotatable bonds is 7. The van der Waals surface area contributed by atoms with E-state index >= 15 is 0 Å². The van der Waals surface area contributed by atoms with Gasteiger partial charge in [0.05, 0.1) is 11.5 Å². The Morgan fingerprint density at radius 1 is 1.58 bits per heavy atom. The molecule has 2 rings (SSSR count). The van der Waals surface area contributed by atoms with E-state index < -0.39 is 5.76 Å². The second-order valence-electron chi connectivity index (χ2n) is 4.22. The van der Waals surface area contributed by atoms with Gasteiger partial charge in [-0.25, -0.2) is 4.79 Å². The molecule has 0 spiro atoms. The van der Waals surface area contributed by atoms with Crippen molar-refractivity contribution in [3.63, 3.8) is 0 Å². The van der Waals surface area contributed by atoms with Crippen LogP contribution in [0.4, 0.5) is 0 Å². The van der Waals surface area contributed by atoms with Crippen molar-refractivity contribution in [2.75, 3.05) is 27.3 Å². The van der Waals surface area contributed by atoms with Gasteiger partial charge in [0.1, 0.15) is 0 Å². The lowest BCUT2D eigenvalue weighted by molar-refractivity contribution is 0.166. The molecular formula is C12H17N3O3S. The van der Waals surface area contributed by atoms with Gasteiger partial charge in [0.15, 0.2) is 0 Å². The van der Waals surface area contributed by atoms with E-state index in [9.17, 15) is 4.79 Å². The summed E-state index contributed by atoms with van der Waals surface area (Å²) in [6.07, 6.45) is 0.914. The van der Waals surface area contributed by atoms with Crippen molar-refractivity contribution >= 4 is 11.3 Å². The molecule has 0 radical (unpaired) electrons. The molecule has 0 atom stereocenters. The fourth-order valence-corrected chi connectivity index (χ4v) is 2.32. The molecule has 7 heteroatoms. The van der Waals surface area contributed by atoms with E-state index in [0.29, 0.717) is 19.2 Å². The molecule has 0 aliphatic rings. The van der Waals surface area contributed by atoms with Crippen LogP contribution in [-0.2, 0) is 11.4 Å². The molecule has 2 aromatic heterocycles. The first-order valence-corrected chi connectivity index (χ1v) is 6.88. The van der Waals surface area contributed by atoms with Gasteiger partial charge in [0.2, 0.25) is 0 Å². The van der Waals surface area contributed by atoms with Crippen molar-refractivity contribution in [1.82, 2.24) is 14.7 Å². The predicted octanol–water partition coefficient (Wildman–Crippen LogP) is 1.49. The minimum absolute atomic E-state index is 0.380. The maximum Gasteiger partial charge on any atom is 0.438 e. The Morgan fingerprint density at radius 2 is 2.42 bits per heavy atom. The van der Waals surface area contributed by atoms with E-state index in [-0.39, 0.29) is 0 Å². The zero-order valence-electron chi connectivity index (χ0n) is 11.0. The zero-order valence-corrected chi connectivity index (χ0v) is 11.9. The van der Waals surface area contributed by atoms with Gasteiger partial charge in [-0.05, 0) is 24.9 Å².